The van der Waals surface area contributed by atoms with E-state index in [1.165, 1.54) is 18.2 Å². The molecule has 1 saturated heterocycles. The molecule has 2 heterocycles. The van der Waals surface area contributed by atoms with Crippen molar-refractivity contribution >= 4 is 22.6 Å². The molecule has 2 aromatic carbocycles. The highest BCUT2D eigenvalue weighted by molar-refractivity contribution is 5.92. The number of nitrogens with zero attached hydrogens (tertiary/aromatic N) is 3. The van der Waals surface area contributed by atoms with Gasteiger partial charge in [0.15, 0.2) is 5.82 Å². The molecule has 5 nitrogen and oxygen atoms in total. The summed E-state index contributed by atoms with van der Waals surface area (Å²) in [6, 6.07) is 12.3. The Morgan fingerprint density at radius 2 is 1.79 bits per heavy atom. The molecule has 3 aromatic rings. The molecule has 1 aliphatic heterocycles. The predicted molar refractivity (Wildman–Crippen MR) is 104 cm³/mol. The smallest absolute Gasteiger partial charge is 0.352 e. The highest BCUT2D eigenvalue weighted by Crippen LogP contribution is 2.33. The Kier molecular flexibility index (Phi) is 4.70. The number of halogens is 3. The van der Waals surface area contributed by atoms with E-state index in [1.54, 1.807) is 0 Å². The lowest BCUT2D eigenvalue weighted by Crippen LogP contribution is -2.59. The maximum Gasteiger partial charge on any atom is 0.416 e. The van der Waals surface area contributed by atoms with Gasteiger partial charge in [-0.25, -0.2) is 9.97 Å². The molecule has 8 heteroatoms. The van der Waals surface area contributed by atoms with Crippen LogP contribution in [0, 0.1) is 0 Å². The van der Waals surface area contributed by atoms with Gasteiger partial charge in [-0.15, -0.1) is 0 Å². The van der Waals surface area contributed by atoms with Gasteiger partial charge >= 0.3 is 6.18 Å². The molecule has 1 aromatic heterocycles. The summed E-state index contributed by atoms with van der Waals surface area (Å²) in [6.07, 6.45) is -3.16. The van der Waals surface area contributed by atoms with E-state index in [1.807, 2.05) is 29.2 Å². The fraction of sp³-hybridized carbons (Fsp3) is 0.190. The number of benzene rings is 2. The quantitative estimate of drug-likeness (QED) is 0.679. The molecule has 148 valence electrons. The van der Waals surface area contributed by atoms with Crippen LogP contribution in [-0.4, -0.2) is 35.0 Å². The average Bonchev–Trinajstić information content (AvgIpc) is 2.69. The Morgan fingerprint density at radius 1 is 1.10 bits per heavy atom. The van der Waals surface area contributed by atoms with E-state index in [4.69, 9.17) is 0 Å². The molecule has 1 N–H and O–H groups in total. The van der Waals surface area contributed by atoms with Gasteiger partial charge in [0.25, 0.3) is 0 Å². The van der Waals surface area contributed by atoms with E-state index >= 15 is 0 Å². The second-order valence-corrected chi connectivity index (χ2v) is 6.78. The minimum absolute atomic E-state index is 0.0104. The van der Waals surface area contributed by atoms with Gasteiger partial charge in [-0.3, -0.25) is 4.79 Å². The van der Waals surface area contributed by atoms with Crippen LogP contribution in [0.5, 0.6) is 0 Å². The van der Waals surface area contributed by atoms with E-state index in [0.29, 0.717) is 35.8 Å². The van der Waals surface area contributed by atoms with Crippen LogP contribution in [0.25, 0.3) is 22.3 Å². The third kappa shape index (κ3) is 3.78. The van der Waals surface area contributed by atoms with Gasteiger partial charge in [0, 0.05) is 24.0 Å². The van der Waals surface area contributed by atoms with Crippen molar-refractivity contribution in [1.29, 1.82) is 0 Å². The Labute approximate surface area is 164 Å². The summed E-state index contributed by atoms with van der Waals surface area (Å²) in [4.78, 5) is 22.6. The first kappa shape index (κ1) is 18.9. The van der Waals surface area contributed by atoms with Crippen LogP contribution in [0.3, 0.4) is 0 Å². The first-order valence-corrected chi connectivity index (χ1v) is 8.97. The van der Waals surface area contributed by atoms with Crippen LogP contribution in [0.2, 0.25) is 0 Å². The van der Waals surface area contributed by atoms with Crippen molar-refractivity contribution in [3.05, 3.63) is 66.7 Å². The van der Waals surface area contributed by atoms with Gasteiger partial charge in [0.1, 0.15) is 5.82 Å². The monoisotopic (exact) mass is 398 g/mol. The second-order valence-electron chi connectivity index (χ2n) is 6.78. The predicted octanol–water partition coefficient (Wildman–Crippen LogP) is 3.81. The normalized spacial score (nSPS) is 14.5. The third-order valence-electron chi connectivity index (χ3n) is 4.77. The zero-order valence-corrected chi connectivity index (χ0v) is 15.3. The first-order valence-electron chi connectivity index (χ1n) is 8.97. The largest absolute Gasteiger partial charge is 0.416 e. The lowest BCUT2D eigenvalue weighted by molar-refractivity contribution is -0.137. The molecule has 1 amide bonds. The lowest BCUT2D eigenvalue weighted by Gasteiger charge is -2.40. The number of aromatic nitrogens is 2. The summed E-state index contributed by atoms with van der Waals surface area (Å²) >= 11 is 0. The minimum atomic E-state index is -4.39. The maximum atomic E-state index is 12.8. The van der Waals surface area contributed by atoms with Crippen molar-refractivity contribution in [2.45, 2.75) is 12.2 Å². The fourth-order valence-electron chi connectivity index (χ4n) is 3.24. The highest BCUT2D eigenvalue weighted by Gasteiger charge is 2.31. The van der Waals surface area contributed by atoms with Crippen LogP contribution in [0.15, 0.2) is 61.2 Å². The van der Waals surface area contributed by atoms with Gasteiger partial charge in [-0.2, -0.15) is 13.2 Å². The molecule has 1 aliphatic rings. The maximum absolute atomic E-state index is 12.8. The van der Waals surface area contributed by atoms with Crippen molar-refractivity contribution in [1.82, 2.24) is 15.3 Å². The number of fused-ring (bicyclic) bond motifs is 1. The average molecular weight is 398 g/mol. The van der Waals surface area contributed by atoms with Crippen LogP contribution in [-0.2, 0) is 11.0 Å². The standard InChI is InChI=1S/C21H17F3N4O/c1-2-18(29)25-15-11-28(12-15)20-16-5-3-4-6-17(16)26-19(27-20)13-7-9-14(10-8-13)21(22,23)24/h2-10,15H,1,11-12H2,(H,25,29). The van der Waals surface area contributed by atoms with Gasteiger partial charge < -0.3 is 10.2 Å². The van der Waals surface area contributed by atoms with Crippen LogP contribution in [0.4, 0.5) is 19.0 Å². The zero-order chi connectivity index (χ0) is 20.6. The van der Waals surface area contributed by atoms with E-state index < -0.39 is 11.7 Å². The van der Waals surface area contributed by atoms with Crippen molar-refractivity contribution < 1.29 is 18.0 Å². The number of rotatable bonds is 4. The molecule has 0 radical (unpaired) electrons. The number of carbonyl (C=O) groups is 1. The van der Waals surface area contributed by atoms with Crippen LogP contribution < -0.4 is 10.2 Å². The van der Waals surface area contributed by atoms with E-state index in [0.717, 1.165) is 17.5 Å². The molecule has 0 atom stereocenters. The number of para-hydroxylation sites is 1. The number of hydrogen-bond donors (Lipinski definition) is 1. The molecule has 0 unspecified atom stereocenters. The molecule has 4 rings (SSSR count). The second kappa shape index (κ2) is 7.20. The molecule has 0 spiro atoms. The lowest BCUT2D eigenvalue weighted by atomic mass is 10.1. The van der Waals surface area contributed by atoms with Gasteiger partial charge in [0.05, 0.1) is 17.1 Å². The van der Waals surface area contributed by atoms with Crippen LogP contribution in [0.1, 0.15) is 5.56 Å². The first-order chi connectivity index (χ1) is 13.8. The molecule has 0 bridgehead atoms. The summed E-state index contributed by atoms with van der Waals surface area (Å²) in [5.41, 5.74) is 0.485. The molecular weight excluding hydrogens is 381 g/mol. The van der Waals surface area contributed by atoms with Crippen molar-refractivity contribution in [2.75, 3.05) is 18.0 Å². The fourth-order valence-corrected chi connectivity index (χ4v) is 3.24. The van der Waals surface area contributed by atoms with E-state index in [2.05, 4.69) is 21.9 Å². The Balaban J connectivity index is 1.67. The molecule has 0 saturated carbocycles. The number of carbonyl (C=O) groups excluding carboxylic acids is 1. The Morgan fingerprint density at radius 3 is 2.45 bits per heavy atom. The van der Waals surface area contributed by atoms with Gasteiger partial charge in [-0.1, -0.05) is 30.8 Å². The summed E-state index contributed by atoms with van der Waals surface area (Å²) in [7, 11) is 0. The summed E-state index contributed by atoms with van der Waals surface area (Å²) in [6.45, 7) is 4.59. The summed E-state index contributed by atoms with van der Waals surface area (Å²) in [5.74, 6) is 0.813. The molecule has 0 aliphatic carbocycles. The number of nitrogens with one attached hydrogen (secondary N) is 1. The zero-order valence-electron chi connectivity index (χ0n) is 15.3. The topological polar surface area (TPSA) is 58.1 Å². The summed E-state index contributed by atoms with van der Waals surface area (Å²) in [5, 5.41) is 3.68. The van der Waals surface area contributed by atoms with Crippen molar-refractivity contribution in [3.63, 3.8) is 0 Å². The van der Waals surface area contributed by atoms with E-state index in [-0.39, 0.29) is 11.9 Å². The van der Waals surface area contributed by atoms with Gasteiger partial charge in [-0.05, 0) is 30.3 Å². The number of anilines is 1. The van der Waals surface area contributed by atoms with E-state index in [9.17, 15) is 18.0 Å². The SMILES string of the molecule is C=CC(=O)NC1CN(c2nc(-c3ccc(C(F)(F)F)cc3)nc3ccccc23)C1. The van der Waals surface area contributed by atoms with Crippen molar-refractivity contribution in [2.24, 2.45) is 0 Å². The minimum Gasteiger partial charge on any atom is -0.352 e. The molecule has 29 heavy (non-hydrogen) atoms. The Hall–Kier alpha value is -3.42. The molecular formula is C21H17F3N4O. The van der Waals surface area contributed by atoms with Crippen molar-refractivity contribution in [3.8, 4) is 11.4 Å². The highest BCUT2D eigenvalue weighted by atomic mass is 19.4. The number of hydrogen-bond acceptors (Lipinski definition) is 4. The van der Waals surface area contributed by atoms with Gasteiger partial charge in [0.2, 0.25) is 5.91 Å². The summed E-state index contributed by atoms with van der Waals surface area (Å²) < 4.78 is 38.5. The Bertz CT molecular complexity index is 1070. The number of alkyl halides is 3. The molecule has 1 fully saturated rings. The number of amides is 1. The third-order valence-corrected chi connectivity index (χ3v) is 4.77. The van der Waals surface area contributed by atoms with Crippen LogP contribution >= 0.6 is 0 Å².